The zero-order valence-electron chi connectivity index (χ0n) is 20.5. The highest BCUT2D eigenvalue weighted by Crippen LogP contribution is 2.22. The summed E-state index contributed by atoms with van der Waals surface area (Å²) in [7, 11) is 0. The van der Waals surface area contributed by atoms with E-state index < -0.39 is 11.9 Å². The van der Waals surface area contributed by atoms with Crippen molar-refractivity contribution in [2.75, 3.05) is 45.8 Å². The lowest BCUT2D eigenvalue weighted by Crippen LogP contribution is -2.51. The van der Waals surface area contributed by atoms with E-state index in [-0.39, 0.29) is 5.92 Å². The monoisotopic (exact) mass is 493 g/mol. The van der Waals surface area contributed by atoms with Crippen molar-refractivity contribution in [3.05, 3.63) is 77.9 Å². The Bertz CT molecular complexity index is 984. The lowest BCUT2D eigenvalue weighted by atomic mass is 9.94. The Morgan fingerprint density at radius 2 is 1.31 bits per heavy atom. The third kappa shape index (κ3) is 8.94. The molecule has 0 saturated carbocycles. The highest BCUT2D eigenvalue weighted by Gasteiger charge is 2.30. The van der Waals surface area contributed by atoms with Gasteiger partial charge < -0.3 is 15.1 Å². The first kappa shape index (κ1) is 27.1. The van der Waals surface area contributed by atoms with Crippen molar-refractivity contribution >= 4 is 23.9 Å². The van der Waals surface area contributed by atoms with Crippen LogP contribution in [-0.4, -0.2) is 88.6 Å². The quantitative estimate of drug-likeness (QED) is 0.597. The SMILES string of the molecule is O=C(C1CCN(Cc2ccccc2)CC1)N1CCN(C/C=C/c2ccccc2)CC1.O=C(O)C(=O)O. The van der Waals surface area contributed by atoms with Crippen molar-refractivity contribution < 1.29 is 24.6 Å². The van der Waals surface area contributed by atoms with Crippen LogP contribution in [0, 0.1) is 5.92 Å². The number of likely N-dealkylation sites (tertiary alicyclic amines) is 1. The molecule has 4 rings (SSSR count). The first-order valence-corrected chi connectivity index (χ1v) is 12.4. The summed E-state index contributed by atoms with van der Waals surface area (Å²) in [5.41, 5.74) is 2.60. The maximum Gasteiger partial charge on any atom is 0.414 e. The van der Waals surface area contributed by atoms with E-state index in [1.54, 1.807) is 0 Å². The third-order valence-electron chi connectivity index (χ3n) is 6.53. The molecule has 2 aliphatic rings. The molecule has 2 saturated heterocycles. The normalized spacial score (nSPS) is 17.4. The average molecular weight is 494 g/mol. The fourth-order valence-corrected chi connectivity index (χ4v) is 4.49. The van der Waals surface area contributed by atoms with E-state index in [9.17, 15) is 4.79 Å². The molecule has 192 valence electrons. The van der Waals surface area contributed by atoms with Crippen LogP contribution in [0.5, 0.6) is 0 Å². The van der Waals surface area contributed by atoms with Gasteiger partial charge in [0.2, 0.25) is 5.91 Å². The van der Waals surface area contributed by atoms with Crippen molar-refractivity contribution in [3.63, 3.8) is 0 Å². The van der Waals surface area contributed by atoms with Gasteiger partial charge in [0, 0.05) is 45.2 Å². The molecule has 0 unspecified atom stereocenters. The highest BCUT2D eigenvalue weighted by molar-refractivity contribution is 6.27. The van der Waals surface area contributed by atoms with E-state index in [1.807, 2.05) is 6.07 Å². The molecule has 0 radical (unpaired) electrons. The lowest BCUT2D eigenvalue weighted by molar-refractivity contribution is -0.159. The molecule has 0 bridgehead atoms. The van der Waals surface area contributed by atoms with Gasteiger partial charge in [0.05, 0.1) is 0 Å². The largest absolute Gasteiger partial charge is 0.473 e. The molecular formula is C28H35N3O5. The Morgan fingerprint density at radius 3 is 1.86 bits per heavy atom. The number of hydrogen-bond donors (Lipinski definition) is 2. The van der Waals surface area contributed by atoms with Crippen molar-refractivity contribution in [1.82, 2.24) is 14.7 Å². The number of amides is 1. The van der Waals surface area contributed by atoms with E-state index in [0.29, 0.717) is 5.91 Å². The van der Waals surface area contributed by atoms with E-state index >= 15 is 0 Å². The number of nitrogens with zero attached hydrogens (tertiary/aromatic N) is 3. The molecule has 2 N–H and O–H groups in total. The van der Waals surface area contributed by atoms with Crippen LogP contribution in [0.4, 0.5) is 0 Å². The molecule has 8 heteroatoms. The van der Waals surface area contributed by atoms with E-state index in [1.165, 1.54) is 11.1 Å². The molecule has 0 spiro atoms. The number of piperidine rings is 1. The number of carboxylic acids is 2. The molecule has 2 fully saturated rings. The summed E-state index contributed by atoms with van der Waals surface area (Å²) in [4.78, 5) is 38.2. The van der Waals surface area contributed by atoms with Crippen LogP contribution < -0.4 is 0 Å². The van der Waals surface area contributed by atoms with Crippen LogP contribution in [0.1, 0.15) is 24.0 Å². The predicted octanol–water partition coefficient (Wildman–Crippen LogP) is 2.91. The minimum Gasteiger partial charge on any atom is -0.473 e. The molecule has 36 heavy (non-hydrogen) atoms. The standard InChI is InChI=1S/C26H33N3O.C2H2O4/c30-26(25-13-16-28(17-14-25)22-24-10-5-2-6-11-24)29-20-18-27(19-21-29)15-7-12-23-8-3-1-4-9-23;3-1(4)2(5)6/h1-12,25H,13-22H2;(H,3,4)(H,5,6)/b12-7+;. The molecule has 2 aromatic carbocycles. The van der Waals surface area contributed by atoms with Gasteiger partial charge in [-0.2, -0.15) is 0 Å². The highest BCUT2D eigenvalue weighted by atomic mass is 16.4. The van der Waals surface area contributed by atoms with Gasteiger partial charge >= 0.3 is 11.9 Å². The second-order valence-corrected chi connectivity index (χ2v) is 9.09. The number of carboxylic acid groups (broad SMARTS) is 2. The summed E-state index contributed by atoms with van der Waals surface area (Å²) >= 11 is 0. The topological polar surface area (TPSA) is 101 Å². The first-order valence-electron chi connectivity index (χ1n) is 12.4. The van der Waals surface area contributed by atoms with E-state index in [4.69, 9.17) is 19.8 Å². The maximum atomic E-state index is 13.0. The molecule has 0 aromatic heterocycles. The van der Waals surface area contributed by atoms with Crippen molar-refractivity contribution in [1.29, 1.82) is 0 Å². The van der Waals surface area contributed by atoms with Gasteiger partial charge in [0.25, 0.3) is 0 Å². The van der Waals surface area contributed by atoms with Gasteiger partial charge in [-0.1, -0.05) is 72.8 Å². The summed E-state index contributed by atoms with van der Waals surface area (Å²) in [6.07, 6.45) is 6.40. The van der Waals surface area contributed by atoms with Gasteiger partial charge in [-0.25, -0.2) is 9.59 Å². The Hall–Kier alpha value is -3.49. The van der Waals surface area contributed by atoms with E-state index in [2.05, 4.69) is 81.4 Å². The van der Waals surface area contributed by atoms with Gasteiger partial charge in [-0.15, -0.1) is 0 Å². The summed E-state index contributed by atoms with van der Waals surface area (Å²) in [6.45, 7) is 7.66. The molecule has 2 aliphatic heterocycles. The summed E-state index contributed by atoms with van der Waals surface area (Å²) in [5, 5.41) is 14.8. The van der Waals surface area contributed by atoms with Crippen LogP contribution in [0.25, 0.3) is 6.08 Å². The van der Waals surface area contributed by atoms with Crippen molar-refractivity contribution in [2.24, 2.45) is 5.92 Å². The van der Waals surface area contributed by atoms with Crippen molar-refractivity contribution in [2.45, 2.75) is 19.4 Å². The van der Waals surface area contributed by atoms with Crippen LogP contribution in [0.2, 0.25) is 0 Å². The minimum absolute atomic E-state index is 0.210. The molecule has 2 aromatic rings. The molecule has 8 nitrogen and oxygen atoms in total. The fraction of sp³-hybridized carbons (Fsp3) is 0.393. The Labute approximate surface area is 212 Å². The summed E-state index contributed by atoms with van der Waals surface area (Å²) in [6, 6.07) is 21.1. The molecule has 1 amide bonds. The molecule has 2 heterocycles. The number of rotatable bonds is 6. The molecular weight excluding hydrogens is 458 g/mol. The number of carbonyl (C=O) groups is 3. The number of piperazine rings is 1. The van der Waals surface area contributed by atoms with Gasteiger partial charge in [0.1, 0.15) is 0 Å². The van der Waals surface area contributed by atoms with Crippen LogP contribution in [0.3, 0.4) is 0 Å². The Balaban J connectivity index is 0.000000538. The molecule has 0 aliphatic carbocycles. The Morgan fingerprint density at radius 1 is 0.750 bits per heavy atom. The molecule has 0 atom stereocenters. The number of aliphatic carboxylic acids is 2. The van der Waals surface area contributed by atoms with Crippen LogP contribution in [-0.2, 0) is 20.9 Å². The van der Waals surface area contributed by atoms with Crippen molar-refractivity contribution in [3.8, 4) is 0 Å². The number of carbonyl (C=O) groups excluding carboxylic acids is 1. The van der Waals surface area contributed by atoms with Gasteiger partial charge in [-0.05, 0) is 37.1 Å². The van der Waals surface area contributed by atoms with Crippen LogP contribution >= 0.6 is 0 Å². The second-order valence-electron chi connectivity index (χ2n) is 9.09. The summed E-state index contributed by atoms with van der Waals surface area (Å²) < 4.78 is 0. The average Bonchev–Trinajstić information content (AvgIpc) is 2.91. The predicted molar refractivity (Wildman–Crippen MR) is 138 cm³/mol. The van der Waals surface area contributed by atoms with Crippen LogP contribution in [0.15, 0.2) is 66.7 Å². The zero-order valence-corrected chi connectivity index (χ0v) is 20.5. The zero-order chi connectivity index (χ0) is 25.8. The first-order chi connectivity index (χ1) is 17.4. The fourth-order valence-electron chi connectivity index (χ4n) is 4.49. The maximum absolute atomic E-state index is 13.0. The number of benzene rings is 2. The number of hydrogen-bond acceptors (Lipinski definition) is 5. The Kier molecular flexibility index (Phi) is 10.7. The smallest absolute Gasteiger partial charge is 0.414 e. The van der Waals surface area contributed by atoms with E-state index in [0.717, 1.165) is 65.2 Å². The lowest BCUT2D eigenvalue weighted by Gasteiger charge is -2.38. The third-order valence-corrected chi connectivity index (χ3v) is 6.53. The van der Waals surface area contributed by atoms with Gasteiger partial charge in [0.15, 0.2) is 0 Å². The minimum atomic E-state index is -1.82. The van der Waals surface area contributed by atoms with Gasteiger partial charge in [-0.3, -0.25) is 14.6 Å². The second kappa shape index (κ2) is 14.2. The summed E-state index contributed by atoms with van der Waals surface area (Å²) in [5.74, 6) is -3.06.